The minimum Gasteiger partial charge on any atom is -0.465 e. The first-order chi connectivity index (χ1) is 12.4. The van der Waals surface area contributed by atoms with Gasteiger partial charge in [0.15, 0.2) is 17.2 Å². The average Bonchev–Trinajstić information content (AvgIpc) is 3.18. The fraction of sp³-hybridized carbons (Fsp3) is 0.176. The van der Waals surface area contributed by atoms with Crippen molar-refractivity contribution in [2.75, 3.05) is 20.0 Å². The van der Waals surface area contributed by atoms with E-state index in [2.05, 4.69) is 4.98 Å². The molecule has 0 radical (unpaired) electrons. The number of carbonyl (C=O) groups excluding carboxylic acids is 2. The Morgan fingerprint density at radius 3 is 2.58 bits per heavy atom. The molecule has 0 aliphatic rings. The van der Waals surface area contributed by atoms with Crippen LogP contribution in [0.25, 0.3) is 16.8 Å². The quantitative estimate of drug-likeness (QED) is 0.705. The van der Waals surface area contributed by atoms with E-state index in [4.69, 9.17) is 19.6 Å². The number of methoxy groups -OCH3 is 2. The largest absolute Gasteiger partial charge is 0.465 e. The molecule has 2 heterocycles. The summed E-state index contributed by atoms with van der Waals surface area (Å²) in [7, 11) is 2.45. The Morgan fingerprint density at radius 1 is 1.27 bits per heavy atom. The molecule has 132 valence electrons. The molecule has 0 atom stereocenters. The van der Waals surface area contributed by atoms with Crippen molar-refractivity contribution in [3.63, 3.8) is 0 Å². The summed E-state index contributed by atoms with van der Waals surface area (Å²) in [6.07, 6.45) is 1.37. The number of nitriles is 1. The number of esters is 2. The minimum atomic E-state index is -0.739. The Balaban J connectivity index is 2.40. The number of oxazole rings is 1. The number of aromatic nitrogens is 2. The molecular formula is C17H14N4O5. The lowest BCUT2D eigenvalue weighted by Gasteiger charge is -2.10. The van der Waals surface area contributed by atoms with Gasteiger partial charge >= 0.3 is 11.9 Å². The van der Waals surface area contributed by atoms with E-state index in [0.717, 1.165) is 0 Å². The first-order valence-corrected chi connectivity index (χ1v) is 7.40. The molecule has 0 aliphatic carbocycles. The number of nitrogens with zero attached hydrogens (tertiary/aromatic N) is 3. The number of hydrogen-bond donors (Lipinski definition) is 1. The Hall–Kier alpha value is -3.80. The van der Waals surface area contributed by atoms with Crippen molar-refractivity contribution in [2.24, 2.45) is 0 Å². The SMILES string of the molecule is COC(=O)c1cc(-n2cc(C#N)c(N)c2C(=O)OC)c2oc(C)nc2c1. The number of aryl methyl sites for hydroxylation is 1. The normalized spacial score (nSPS) is 10.5. The molecule has 0 fully saturated rings. The number of ether oxygens (including phenoxy) is 2. The third-order valence-electron chi connectivity index (χ3n) is 3.80. The van der Waals surface area contributed by atoms with Gasteiger partial charge in [0, 0.05) is 13.1 Å². The molecule has 9 nitrogen and oxygen atoms in total. The minimum absolute atomic E-state index is 0.0350. The fourth-order valence-corrected chi connectivity index (χ4v) is 2.65. The maximum absolute atomic E-state index is 12.2. The van der Waals surface area contributed by atoms with E-state index in [1.807, 2.05) is 6.07 Å². The number of nitrogens with two attached hydrogens (primary N) is 1. The topological polar surface area (TPSA) is 133 Å². The molecule has 0 saturated carbocycles. The number of nitrogen functional groups attached to an aromatic ring is 1. The Morgan fingerprint density at radius 2 is 1.96 bits per heavy atom. The van der Waals surface area contributed by atoms with Gasteiger partial charge in [-0.1, -0.05) is 0 Å². The summed E-state index contributed by atoms with van der Waals surface area (Å²) in [6, 6.07) is 4.89. The van der Waals surface area contributed by atoms with Gasteiger partial charge in [-0.05, 0) is 12.1 Å². The highest BCUT2D eigenvalue weighted by Gasteiger charge is 2.25. The number of anilines is 1. The summed E-state index contributed by atoms with van der Waals surface area (Å²) in [6.45, 7) is 1.65. The van der Waals surface area contributed by atoms with Crippen molar-refractivity contribution >= 4 is 28.7 Å². The molecule has 0 unspecified atom stereocenters. The van der Waals surface area contributed by atoms with E-state index in [9.17, 15) is 14.9 Å². The third-order valence-corrected chi connectivity index (χ3v) is 3.80. The van der Waals surface area contributed by atoms with Gasteiger partial charge in [-0.3, -0.25) is 0 Å². The van der Waals surface area contributed by atoms with Crippen LogP contribution in [0.2, 0.25) is 0 Å². The van der Waals surface area contributed by atoms with Crippen LogP contribution in [0.1, 0.15) is 32.3 Å². The first kappa shape index (κ1) is 17.0. The zero-order chi connectivity index (χ0) is 19.0. The standard InChI is InChI=1S/C17H14N4O5/c1-8-20-11-4-9(16(22)24-2)5-12(15(11)26-8)21-7-10(6-18)13(19)14(21)17(23)25-3/h4-5,7H,19H2,1-3H3. The molecule has 26 heavy (non-hydrogen) atoms. The van der Waals surface area contributed by atoms with Gasteiger partial charge in [-0.25, -0.2) is 14.6 Å². The zero-order valence-corrected chi connectivity index (χ0v) is 14.2. The summed E-state index contributed by atoms with van der Waals surface area (Å²) >= 11 is 0. The number of carbonyl (C=O) groups is 2. The highest BCUT2D eigenvalue weighted by atomic mass is 16.5. The van der Waals surface area contributed by atoms with Gasteiger partial charge < -0.3 is 24.2 Å². The average molecular weight is 354 g/mol. The molecule has 2 aromatic heterocycles. The number of rotatable bonds is 3. The maximum Gasteiger partial charge on any atom is 0.357 e. The molecule has 9 heteroatoms. The van der Waals surface area contributed by atoms with Crippen LogP contribution in [0.4, 0.5) is 5.69 Å². The van der Waals surface area contributed by atoms with Gasteiger partial charge in [-0.2, -0.15) is 5.26 Å². The van der Waals surface area contributed by atoms with Crippen LogP contribution in [0.5, 0.6) is 0 Å². The second-order valence-corrected chi connectivity index (χ2v) is 5.35. The first-order valence-electron chi connectivity index (χ1n) is 7.40. The molecule has 1 aromatic carbocycles. The van der Waals surface area contributed by atoms with Crippen molar-refractivity contribution < 1.29 is 23.5 Å². The maximum atomic E-state index is 12.2. The van der Waals surface area contributed by atoms with E-state index in [1.54, 1.807) is 6.92 Å². The van der Waals surface area contributed by atoms with Crippen molar-refractivity contribution in [1.29, 1.82) is 5.26 Å². The van der Waals surface area contributed by atoms with Crippen LogP contribution < -0.4 is 5.73 Å². The second-order valence-electron chi connectivity index (χ2n) is 5.35. The molecule has 3 rings (SSSR count). The molecule has 0 saturated heterocycles. The molecule has 0 amide bonds. The lowest BCUT2D eigenvalue weighted by molar-refractivity contribution is 0.0588. The van der Waals surface area contributed by atoms with Gasteiger partial charge in [0.05, 0.1) is 36.7 Å². The Labute approximate surface area is 147 Å². The second kappa shape index (κ2) is 6.25. The van der Waals surface area contributed by atoms with Gasteiger partial charge in [0.2, 0.25) is 0 Å². The van der Waals surface area contributed by atoms with Crippen molar-refractivity contribution in [1.82, 2.24) is 9.55 Å². The van der Waals surface area contributed by atoms with Gasteiger partial charge in [0.25, 0.3) is 0 Å². The number of hydrogen-bond acceptors (Lipinski definition) is 8. The van der Waals surface area contributed by atoms with E-state index in [0.29, 0.717) is 22.7 Å². The summed E-state index contributed by atoms with van der Waals surface area (Å²) in [5.74, 6) is -0.963. The number of fused-ring (bicyclic) bond motifs is 1. The summed E-state index contributed by atoms with van der Waals surface area (Å²) in [5, 5.41) is 9.25. The van der Waals surface area contributed by atoms with E-state index in [1.165, 1.54) is 37.1 Å². The lowest BCUT2D eigenvalue weighted by Crippen LogP contribution is -2.12. The molecule has 0 spiro atoms. The van der Waals surface area contributed by atoms with Crippen LogP contribution in [0.15, 0.2) is 22.7 Å². The molecule has 0 bridgehead atoms. The Kier molecular flexibility index (Phi) is 4.10. The Bertz CT molecular complexity index is 1090. The summed E-state index contributed by atoms with van der Waals surface area (Å²) < 4.78 is 16.5. The van der Waals surface area contributed by atoms with Crippen LogP contribution in [0.3, 0.4) is 0 Å². The fourth-order valence-electron chi connectivity index (χ4n) is 2.65. The van der Waals surface area contributed by atoms with Gasteiger partial charge in [0.1, 0.15) is 11.6 Å². The van der Waals surface area contributed by atoms with Crippen LogP contribution >= 0.6 is 0 Å². The van der Waals surface area contributed by atoms with Crippen molar-refractivity contribution in [3.8, 4) is 11.8 Å². The number of benzene rings is 1. The molecule has 3 aromatic rings. The summed E-state index contributed by atoms with van der Waals surface area (Å²) in [4.78, 5) is 28.4. The predicted octanol–water partition coefficient (Wildman–Crippen LogP) is 1.95. The van der Waals surface area contributed by atoms with Crippen LogP contribution in [-0.4, -0.2) is 35.7 Å². The molecule has 2 N–H and O–H groups in total. The van der Waals surface area contributed by atoms with Gasteiger partial charge in [-0.15, -0.1) is 0 Å². The third kappa shape index (κ3) is 2.53. The van der Waals surface area contributed by atoms with Crippen LogP contribution in [0, 0.1) is 18.3 Å². The van der Waals surface area contributed by atoms with Crippen molar-refractivity contribution in [2.45, 2.75) is 6.92 Å². The monoisotopic (exact) mass is 354 g/mol. The zero-order valence-electron chi connectivity index (χ0n) is 14.2. The van der Waals surface area contributed by atoms with E-state index >= 15 is 0 Å². The van der Waals surface area contributed by atoms with Crippen LogP contribution in [-0.2, 0) is 9.47 Å². The smallest absolute Gasteiger partial charge is 0.357 e. The highest BCUT2D eigenvalue weighted by molar-refractivity contribution is 5.99. The summed E-state index contributed by atoms with van der Waals surface area (Å²) in [5.41, 5.74) is 7.12. The molecular weight excluding hydrogens is 340 g/mol. The predicted molar refractivity (Wildman–Crippen MR) is 89.9 cm³/mol. The molecule has 0 aliphatic heterocycles. The highest BCUT2D eigenvalue weighted by Crippen LogP contribution is 2.31. The van der Waals surface area contributed by atoms with E-state index < -0.39 is 11.9 Å². The lowest BCUT2D eigenvalue weighted by atomic mass is 10.1. The van der Waals surface area contributed by atoms with E-state index in [-0.39, 0.29) is 22.5 Å². The van der Waals surface area contributed by atoms with Crippen molar-refractivity contribution in [3.05, 3.63) is 41.0 Å².